The Labute approximate surface area is 138 Å². The molecule has 0 radical (unpaired) electrons. The summed E-state index contributed by atoms with van der Waals surface area (Å²) >= 11 is 6.29. The van der Waals surface area contributed by atoms with Crippen LogP contribution in [-0.4, -0.2) is 73.4 Å². The fraction of sp³-hybridized carbons (Fsp3) is 0.647. The van der Waals surface area contributed by atoms with Crippen LogP contribution in [0.15, 0.2) is 24.3 Å². The number of hydrogen-bond donors (Lipinski definition) is 1. The number of piperazine rings is 1. The average Bonchev–Trinajstić information content (AvgIpc) is 2.48. The maximum absolute atomic E-state index is 10.8. The molecule has 1 aromatic rings. The third-order valence-electron chi connectivity index (χ3n) is 4.83. The Morgan fingerprint density at radius 2 is 1.86 bits per heavy atom. The Morgan fingerprint density at radius 3 is 2.55 bits per heavy atom. The molecule has 0 bridgehead atoms. The summed E-state index contributed by atoms with van der Waals surface area (Å²) < 4.78 is 0. The first kappa shape index (κ1) is 16.1. The summed E-state index contributed by atoms with van der Waals surface area (Å²) in [5.41, 5.74) is 0.583. The molecule has 2 heterocycles. The molecule has 122 valence electrons. The number of aliphatic hydroxyl groups is 1. The van der Waals surface area contributed by atoms with Gasteiger partial charge in [0.25, 0.3) is 0 Å². The minimum absolute atomic E-state index is 0.542. The fourth-order valence-electron chi connectivity index (χ4n) is 3.74. The van der Waals surface area contributed by atoms with Crippen LogP contribution in [0.25, 0.3) is 0 Å². The molecule has 0 spiro atoms. The van der Waals surface area contributed by atoms with Crippen LogP contribution in [0.3, 0.4) is 0 Å². The van der Waals surface area contributed by atoms with Gasteiger partial charge < -0.3 is 14.9 Å². The van der Waals surface area contributed by atoms with Gasteiger partial charge in [-0.2, -0.15) is 0 Å². The van der Waals surface area contributed by atoms with Crippen molar-refractivity contribution in [2.45, 2.75) is 18.4 Å². The number of piperidine rings is 1. The molecule has 1 N–H and O–H groups in total. The van der Waals surface area contributed by atoms with E-state index in [-0.39, 0.29) is 0 Å². The highest BCUT2D eigenvalue weighted by Gasteiger charge is 2.34. The van der Waals surface area contributed by atoms with Crippen LogP contribution in [0.5, 0.6) is 0 Å². The normalized spacial score (nSPS) is 28.0. The van der Waals surface area contributed by atoms with Crippen molar-refractivity contribution in [3.05, 3.63) is 29.3 Å². The highest BCUT2D eigenvalue weighted by molar-refractivity contribution is 6.33. The molecule has 4 nitrogen and oxygen atoms in total. The van der Waals surface area contributed by atoms with Gasteiger partial charge in [0, 0.05) is 39.3 Å². The van der Waals surface area contributed by atoms with E-state index in [9.17, 15) is 5.11 Å². The van der Waals surface area contributed by atoms with Crippen LogP contribution in [0.2, 0.25) is 5.02 Å². The third-order valence-corrected chi connectivity index (χ3v) is 5.15. The number of rotatable bonds is 3. The van der Waals surface area contributed by atoms with Crippen LogP contribution < -0.4 is 4.90 Å². The molecule has 2 saturated heterocycles. The van der Waals surface area contributed by atoms with Crippen molar-refractivity contribution in [1.82, 2.24) is 9.80 Å². The first-order valence-corrected chi connectivity index (χ1v) is 8.56. The van der Waals surface area contributed by atoms with Gasteiger partial charge in [-0.1, -0.05) is 23.7 Å². The molecule has 2 aliphatic heterocycles. The first-order valence-electron chi connectivity index (χ1n) is 8.19. The van der Waals surface area contributed by atoms with Crippen LogP contribution >= 0.6 is 11.6 Å². The van der Waals surface area contributed by atoms with Gasteiger partial charge in [-0.3, -0.25) is 4.90 Å². The lowest BCUT2D eigenvalue weighted by Gasteiger charge is -2.43. The third kappa shape index (κ3) is 3.74. The van der Waals surface area contributed by atoms with E-state index in [0.717, 1.165) is 69.4 Å². The Hall–Kier alpha value is -0.810. The minimum atomic E-state index is -0.542. The van der Waals surface area contributed by atoms with E-state index in [4.69, 9.17) is 11.6 Å². The van der Waals surface area contributed by atoms with Gasteiger partial charge in [-0.05, 0) is 38.6 Å². The second-order valence-corrected chi connectivity index (χ2v) is 7.19. The zero-order chi connectivity index (χ0) is 15.6. The van der Waals surface area contributed by atoms with E-state index in [1.54, 1.807) is 0 Å². The van der Waals surface area contributed by atoms with Crippen molar-refractivity contribution < 1.29 is 5.11 Å². The predicted octanol–water partition coefficient (Wildman–Crippen LogP) is 1.92. The number of anilines is 1. The fourth-order valence-corrected chi connectivity index (χ4v) is 3.99. The van der Waals surface area contributed by atoms with Crippen LogP contribution in [0.4, 0.5) is 5.69 Å². The number of likely N-dealkylation sites (tertiary alicyclic amines) is 1. The van der Waals surface area contributed by atoms with Crippen LogP contribution in [-0.2, 0) is 0 Å². The lowest BCUT2D eigenvalue weighted by Crippen LogP contribution is -2.56. The number of β-amino-alcohol motifs (C(OH)–C–C–N with tert-alkyl or cyclic N) is 1. The monoisotopic (exact) mass is 323 g/mol. The molecular weight excluding hydrogens is 298 g/mol. The van der Waals surface area contributed by atoms with Crippen molar-refractivity contribution in [1.29, 1.82) is 0 Å². The van der Waals surface area contributed by atoms with Gasteiger partial charge in [-0.25, -0.2) is 0 Å². The number of nitrogens with zero attached hydrogens (tertiary/aromatic N) is 3. The number of halogens is 1. The Kier molecular flexibility index (Phi) is 4.93. The van der Waals surface area contributed by atoms with E-state index in [1.165, 1.54) is 0 Å². The summed E-state index contributed by atoms with van der Waals surface area (Å²) in [4.78, 5) is 6.98. The smallest absolute Gasteiger partial charge is 0.0900 e. The van der Waals surface area contributed by atoms with Crippen molar-refractivity contribution in [2.75, 3.05) is 57.8 Å². The van der Waals surface area contributed by atoms with Crippen LogP contribution in [0, 0.1) is 0 Å². The van der Waals surface area contributed by atoms with E-state index >= 15 is 0 Å². The van der Waals surface area contributed by atoms with Crippen molar-refractivity contribution in [3.63, 3.8) is 0 Å². The Balaban J connectivity index is 1.55. The summed E-state index contributed by atoms with van der Waals surface area (Å²) in [7, 11) is 2.10. The number of benzene rings is 1. The molecule has 0 aromatic heterocycles. The van der Waals surface area contributed by atoms with E-state index < -0.39 is 5.60 Å². The van der Waals surface area contributed by atoms with Gasteiger partial charge in [-0.15, -0.1) is 0 Å². The molecule has 2 fully saturated rings. The summed E-state index contributed by atoms with van der Waals surface area (Å²) in [6.45, 7) is 6.58. The summed E-state index contributed by atoms with van der Waals surface area (Å²) in [6, 6.07) is 8.04. The lowest BCUT2D eigenvalue weighted by atomic mass is 9.92. The summed E-state index contributed by atoms with van der Waals surface area (Å²) in [6.07, 6.45) is 2.01. The van der Waals surface area contributed by atoms with Gasteiger partial charge in [0.15, 0.2) is 0 Å². The zero-order valence-corrected chi connectivity index (χ0v) is 14.1. The highest BCUT2D eigenvalue weighted by atomic mass is 35.5. The molecule has 0 unspecified atom stereocenters. The topological polar surface area (TPSA) is 30.0 Å². The van der Waals surface area contributed by atoms with Crippen molar-refractivity contribution in [2.24, 2.45) is 0 Å². The van der Waals surface area contributed by atoms with Gasteiger partial charge in [0.05, 0.1) is 16.3 Å². The lowest BCUT2D eigenvalue weighted by molar-refractivity contribution is -0.0478. The quantitative estimate of drug-likeness (QED) is 0.920. The molecule has 3 rings (SSSR count). The Bertz CT molecular complexity index is 504. The van der Waals surface area contributed by atoms with Crippen LogP contribution in [0.1, 0.15) is 12.8 Å². The summed E-state index contributed by atoms with van der Waals surface area (Å²) in [5.74, 6) is 0. The minimum Gasteiger partial charge on any atom is -0.387 e. The largest absolute Gasteiger partial charge is 0.387 e. The SMILES string of the molecule is CN1CCC[C@](O)(CN2CCN(c3ccccc3Cl)CC2)C1. The number of likely N-dealkylation sites (N-methyl/N-ethyl adjacent to an activating group) is 1. The number of hydrogen-bond acceptors (Lipinski definition) is 4. The molecule has 0 saturated carbocycles. The maximum atomic E-state index is 10.8. The molecule has 1 atom stereocenters. The average molecular weight is 324 g/mol. The second-order valence-electron chi connectivity index (χ2n) is 6.78. The van der Waals surface area contributed by atoms with Gasteiger partial charge >= 0.3 is 0 Å². The van der Waals surface area contributed by atoms with E-state index in [2.05, 4.69) is 27.8 Å². The molecule has 0 aliphatic carbocycles. The molecule has 2 aliphatic rings. The first-order chi connectivity index (χ1) is 10.6. The van der Waals surface area contributed by atoms with E-state index in [1.807, 2.05) is 18.2 Å². The standard InChI is InChI=1S/C17H26ClN3O/c1-19-8-4-7-17(22,13-19)14-20-9-11-21(12-10-20)16-6-3-2-5-15(16)18/h2-3,5-6,22H,4,7-14H2,1H3/t17-/m1/s1. The van der Waals surface area contributed by atoms with Crippen molar-refractivity contribution in [3.8, 4) is 0 Å². The number of para-hydroxylation sites is 1. The highest BCUT2D eigenvalue weighted by Crippen LogP contribution is 2.27. The Morgan fingerprint density at radius 1 is 1.14 bits per heavy atom. The van der Waals surface area contributed by atoms with Gasteiger partial charge in [0.1, 0.15) is 0 Å². The van der Waals surface area contributed by atoms with Crippen molar-refractivity contribution >= 4 is 17.3 Å². The summed E-state index contributed by atoms with van der Waals surface area (Å²) in [5, 5.41) is 11.6. The zero-order valence-electron chi connectivity index (χ0n) is 13.3. The molecule has 22 heavy (non-hydrogen) atoms. The molecule has 0 amide bonds. The molecular formula is C17H26ClN3O. The second kappa shape index (κ2) is 6.75. The van der Waals surface area contributed by atoms with E-state index in [0.29, 0.717) is 0 Å². The van der Waals surface area contributed by atoms with Gasteiger partial charge in [0.2, 0.25) is 0 Å². The maximum Gasteiger partial charge on any atom is 0.0900 e. The molecule has 1 aromatic carbocycles. The molecule has 5 heteroatoms. The predicted molar refractivity (Wildman–Crippen MR) is 91.8 cm³/mol.